The maximum atomic E-state index is 12.4. The lowest BCUT2D eigenvalue weighted by Gasteiger charge is -2.20. The number of benzene rings is 1. The first-order valence-electron chi connectivity index (χ1n) is 7.84. The van der Waals surface area contributed by atoms with Crippen LogP contribution in [0.4, 0.5) is 5.69 Å². The van der Waals surface area contributed by atoms with Crippen molar-refractivity contribution in [2.75, 3.05) is 32.3 Å². The monoisotopic (exact) mass is 350 g/mol. The minimum atomic E-state index is -1.18. The zero-order valence-corrected chi connectivity index (χ0v) is 14.4. The largest absolute Gasteiger partial charge is 0.495 e. The van der Waals surface area contributed by atoms with Gasteiger partial charge >= 0.3 is 5.97 Å². The third-order valence-corrected chi connectivity index (χ3v) is 4.07. The highest BCUT2D eigenvalue weighted by atomic mass is 16.5. The molecule has 1 aliphatic rings. The van der Waals surface area contributed by atoms with Gasteiger partial charge in [0.2, 0.25) is 11.8 Å². The molecule has 8 nitrogen and oxygen atoms in total. The van der Waals surface area contributed by atoms with Crippen molar-refractivity contribution in [3.63, 3.8) is 0 Å². The summed E-state index contributed by atoms with van der Waals surface area (Å²) in [6, 6.07) is 4.32. The Labute approximate surface area is 145 Å². The van der Waals surface area contributed by atoms with Crippen LogP contribution in [0, 0.1) is 12.8 Å². The first-order chi connectivity index (χ1) is 11.9. The van der Waals surface area contributed by atoms with Gasteiger partial charge in [-0.25, -0.2) is 4.79 Å². The van der Waals surface area contributed by atoms with Crippen LogP contribution in [0.1, 0.15) is 12.0 Å². The number of methoxy groups -OCH3 is 2. The van der Waals surface area contributed by atoms with Gasteiger partial charge < -0.3 is 24.8 Å². The lowest BCUT2D eigenvalue weighted by Crippen LogP contribution is -2.46. The third kappa shape index (κ3) is 4.27. The van der Waals surface area contributed by atoms with Crippen LogP contribution in [-0.4, -0.2) is 56.3 Å². The Balaban J connectivity index is 2.13. The van der Waals surface area contributed by atoms with Crippen molar-refractivity contribution in [1.29, 1.82) is 0 Å². The Kier molecular flexibility index (Phi) is 5.97. The summed E-state index contributed by atoms with van der Waals surface area (Å²) in [7, 11) is 2.87. The molecule has 2 rings (SSSR count). The topological polar surface area (TPSA) is 105 Å². The molecule has 0 bridgehead atoms. The smallest absolute Gasteiger partial charge is 0.328 e. The van der Waals surface area contributed by atoms with Crippen LogP contribution >= 0.6 is 0 Å². The second-order valence-corrected chi connectivity index (χ2v) is 5.94. The highest BCUT2D eigenvalue weighted by molar-refractivity contribution is 6.01. The predicted molar refractivity (Wildman–Crippen MR) is 89.6 cm³/mol. The van der Waals surface area contributed by atoms with E-state index < -0.39 is 23.8 Å². The second kappa shape index (κ2) is 7.98. The van der Waals surface area contributed by atoms with E-state index in [0.29, 0.717) is 11.4 Å². The molecule has 1 fully saturated rings. The van der Waals surface area contributed by atoms with Crippen molar-refractivity contribution < 1.29 is 29.0 Å². The van der Waals surface area contributed by atoms with E-state index in [2.05, 4.69) is 5.32 Å². The number of hydrogen-bond donors (Lipinski definition) is 2. The number of amides is 2. The second-order valence-electron chi connectivity index (χ2n) is 5.94. The van der Waals surface area contributed by atoms with Gasteiger partial charge in [0.15, 0.2) is 6.04 Å². The Morgan fingerprint density at radius 3 is 2.72 bits per heavy atom. The number of nitrogens with zero attached hydrogens (tertiary/aromatic N) is 1. The molecule has 2 unspecified atom stereocenters. The van der Waals surface area contributed by atoms with E-state index in [1.54, 1.807) is 6.07 Å². The number of carbonyl (C=O) groups is 3. The molecule has 25 heavy (non-hydrogen) atoms. The number of aliphatic carboxylic acids is 1. The van der Waals surface area contributed by atoms with Gasteiger partial charge in [0.25, 0.3) is 0 Å². The van der Waals surface area contributed by atoms with Crippen molar-refractivity contribution in [2.24, 2.45) is 5.92 Å². The fraction of sp³-hybridized carbons (Fsp3) is 0.471. The molecule has 0 spiro atoms. The van der Waals surface area contributed by atoms with Crippen LogP contribution in [0.5, 0.6) is 5.75 Å². The first-order valence-corrected chi connectivity index (χ1v) is 7.84. The molecule has 1 aromatic rings. The van der Waals surface area contributed by atoms with Gasteiger partial charge in [-0.15, -0.1) is 0 Å². The number of rotatable bonds is 7. The average molecular weight is 350 g/mol. The van der Waals surface area contributed by atoms with Crippen LogP contribution in [-0.2, 0) is 19.1 Å². The predicted octanol–water partition coefficient (Wildman–Crippen LogP) is 0.572. The van der Waals surface area contributed by atoms with Crippen molar-refractivity contribution in [3.05, 3.63) is 23.8 Å². The Morgan fingerprint density at radius 1 is 1.40 bits per heavy atom. The summed E-state index contributed by atoms with van der Waals surface area (Å²) in [6.45, 7) is 1.93. The summed E-state index contributed by atoms with van der Waals surface area (Å²) in [5.74, 6) is -1.95. The molecular weight excluding hydrogens is 328 g/mol. The summed E-state index contributed by atoms with van der Waals surface area (Å²) in [4.78, 5) is 37.3. The number of aryl methyl sites for hydroxylation is 1. The lowest BCUT2D eigenvalue weighted by molar-refractivity contribution is -0.143. The number of ether oxygens (including phenoxy) is 2. The molecule has 1 aromatic carbocycles. The van der Waals surface area contributed by atoms with E-state index in [-0.39, 0.29) is 25.5 Å². The molecule has 1 heterocycles. The number of carbonyl (C=O) groups excluding carboxylic acids is 2. The lowest BCUT2D eigenvalue weighted by atomic mass is 10.1. The molecule has 8 heteroatoms. The fourth-order valence-corrected chi connectivity index (χ4v) is 2.76. The minimum absolute atomic E-state index is 0.0161. The first kappa shape index (κ1) is 18.7. The summed E-state index contributed by atoms with van der Waals surface area (Å²) < 4.78 is 10.1. The summed E-state index contributed by atoms with van der Waals surface area (Å²) in [6.07, 6.45) is 0.0161. The van der Waals surface area contributed by atoms with E-state index >= 15 is 0 Å². The number of hydrogen-bond acceptors (Lipinski definition) is 5. The van der Waals surface area contributed by atoms with Crippen LogP contribution in [0.25, 0.3) is 0 Å². The average Bonchev–Trinajstić information content (AvgIpc) is 2.96. The molecule has 2 atom stereocenters. The zero-order chi connectivity index (χ0) is 18.6. The molecule has 0 aromatic heterocycles. The van der Waals surface area contributed by atoms with Crippen molar-refractivity contribution in [2.45, 2.75) is 19.4 Å². The standard InChI is InChI=1S/C17H22N2O6/c1-10-4-5-14(25-3)13(6-10)19-8-11(7-15(19)20)16(21)18-12(9-24-2)17(22)23/h4-6,11-12H,7-9H2,1-3H3,(H,18,21)(H,22,23). The van der Waals surface area contributed by atoms with E-state index in [1.807, 2.05) is 19.1 Å². The third-order valence-electron chi connectivity index (χ3n) is 4.07. The highest BCUT2D eigenvalue weighted by Crippen LogP contribution is 2.33. The van der Waals surface area contributed by atoms with Crippen LogP contribution in [0.3, 0.4) is 0 Å². The quantitative estimate of drug-likeness (QED) is 0.745. The van der Waals surface area contributed by atoms with E-state index in [0.717, 1.165) is 5.56 Å². The molecule has 2 N–H and O–H groups in total. The SMILES string of the molecule is COCC(NC(=O)C1CC(=O)N(c2cc(C)ccc2OC)C1)C(=O)O. The fourth-order valence-electron chi connectivity index (χ4n) is 2.76. The Morgan fingerprint density at radius 2 is 2.12 bits per heavy atom. The Hall–Kier alpha value is -2.61. The minimum Gasteiger partial charge on any atom is -0.495 e. The number of anilines is 1. The van der Waals surface area contributed by atoms with E-state index in [9.17, 15) is 14.4 Å². The zero-order valence-electron chi connectivity index (χ0n) is 14.4. The van der Waals surface area contributed by atoms with Crippen molar-refractivity contribution in [1.82, 2.24) is 5.32 Å². The van der Waals surface area contributed by atoms with Crippen LogP contribution in [0.15, 0.2) is 18.2 Å². The van der Waals surface area contributed by atoms with E-state index in [4.69, 9.17) is 14.6 Å². The van der Waals surface area contributed by atoms with Crippen molar-refractivity contribution >= 4 is 23.5 Å². The van der Waals surface area contributed by atoms with Gasteiger partial charge in [-0.2, -0.15) is 0 Å². The Bertz CT molecular complexity index is 675. The van der Waals surface area contributed by atoms with Gasteiger partial charge in [-0.1, -0.05) is 6.07 Å². The van der Waals surface area contributed by atoms with Gasteiger partial charge in [-0.3, -0.25) is 9.59 Å². The molecular formula is C17H22N2O6. The maximum Gasteiger partial charge on any atom is 0.328 e. The van der Waals surface area contributed by atoms with Gasteiger partial charge in [0, 0.05) is 20.1 Å². The normalized spacial score (nSPS) is 18.1. The van der Waals surface area contributed by atoms with Crippen LogP contribution in [0.2, 0.25) is 0 Å². The van der Waals surface area contributed by atoms with Crippen molar-refractivity contribution in [3.8, 4) is 5.75 Å². The summed E-state index contributed by atoms with van der Waals surface area (Å²) in [5.41, 5.74) is 1.57. The number of nitrogens with one attached hydrogen (secondary N) is 1. The number of carboxylic acid groups (broad SMARTS) is 1. The molecule has 1 aliphatic heterocycles. The van der Waals surface area contributed by atoms with Crippen LogP contribution < -0.4 is 15.0 Å². The summed E-state index contributed by atoms with van der Waals surface area (Å²) in [5, 5.41) is 11.5. The number of carboxylic acids is 1. The molecule has 1 saturated heterocycles. The van der Waals surface area contributed by atoms with Gasteiger partial charge in [0.1, 0.15) is 5.75 Å². The van der Waals surface area contributed by atoms with Gasteiger partial charge in [-0.05, 0) is 24.6 Å². The summed E-state index contributed by atoms with van der Waals surface area (Å²) >= 11 is 0. The van der Waals surface area contributed by atoms with Gasteiger partial charge in [0.05, 0.1) is 25.3 Å². The molecule has 136 valence electrons. The van der Waals surface area contributed by atoms with E-state index in [1.165, 1.54) is 19.1 Å². The molecule has 0 aliphatic carbocycles. The molecule has 2 amide bonds. The molecule has 0 saturated carbocycles. The molecule has 0 radical (unpaired) electrons. The maximum absolute atomic E-state index is 12.4. The highest BCUT2D eigenvalue weighted by Gasteiger charge is 2.37.